The molecule has 8 nitrogen and oxygen atoms in total. The molecule has 0 aliphatic carbocycles. The summed E-state index contributed by atoms with van der Waals surface area (Å²) in [7, 11) is 1.66. The van der Waals surface area contributed by atoms with Gasteiger partial charge in [0.05, 0.1) is 37.3 Å². The van der Waals surface area contributed by atoms with Gasteiger partial charge in [0.2, 0.25) is 5.82 Å². The maximum Gasteiger partial charge on any atom is 0.258 e. The molecule has 0 radical (unpaired) electrons. The van der Waals surface area contributed by atoms with Crippen LogP contribution in [0.3, 0.4) is 0 Å². The van der Waals surface area contributed by atoms with Crippen molar-refractivity contribution in [2.75, 3.05) is 26.8 Å². The third-order valence-electron chi connectivity index (χ3n) is 5.66. The summed E-state index contributed by atoms with van der Waals surface area (Å²) in [4.78, 5) is 17.6. The molecule has 1 saturated heterocycles. The second-order valence-corrected chi connectivity index (χ2v) is 7.50. The molecule has 0 bridgehead atoms. The molecule has 3 heterocycles. The molecule has 0 spiro atoms. The first-order chi connectivity index (χ1) is 13.7. The maximum absolute atomic E-state index is 13.1. The average molecular weight is 383 g/mol. The molecular weight excluding hydrogens is 356 g/mol. The van der Waals surface area contributed by atoms with Gasteiger partial charge in [0.1, 0.15) is 0 Å². The number of quaternary nitrogens is 1. The van der Waals surface area contributed by atoms with Crippen LogP contribution in [0, 0.1) is 6.92 Å². The van der Waals surface area contributed by atoms with Crippen LogP contribution in [0.4, 0.5) is 0 Å². The van der Waals surface area contributed by atoms with Gasteiger partial charge < -0.3 is 14.6 Å². The Balaban J connectivity index is 1.84. The van der Waals surface area contributed by atoms with E-state index in [1.54, 1.807) is 11.8 Å². The fourth-order valence-electron chi connectivity index (χ4n) is 4.21. The zero-order valence-corrected chi connectivity index (χ0v) is 16.4. The van der Waals surface area contributed by atoms with Crippen molar-refractivity contribution in [1.29, 1.82) is 0 Å². The van der Waals surface area contributed by atoms with E-state index in [-0.39, 0.29) is 11.6 Å². The van der Waals surface area contributed by atoms with Crippen LogP contribution in [-0.4, -0.2) is 52.0 Å². The summed E-state index contributed by atoms with van der Waals surface area (Å²) in [5.41, 5.74) is 2.62. The van der Waals surface area contributed by atoms with Crippen molar-refractivity contribution >= 4 is 10.9 Å². The van der Waals surface area contributed by atoms with Crippen molar-refractivity contribution in [1.82, 2.24) is 25.2 Å². The Labute approximate surface area is 163 Å². The molecule has 0 unspecified atom stereocenters. The number of H-pyrrole nitrogens is 1. The van der Waals surface area contributed by atoms with Gasteiger partial charge in [-0.15, -0.1) is 5.10 Å². The second-order valence-electron chi connectivity index (χ2n) is 7.50. The highest BCUT2D eigenvalue weighted by Crippen LogP contribution is 2.21. The van der Waals surface area contributed by atoms with Gasteiger partial charge >= 0.3 is 0 Å². The van der Waals surface area contributed by atoms with Gasteiger partial charge in [-0.2, -0.15) is 0 Å². The number of piperidine rings is 1. The van der Waals surface area contributed by atoms with Crippen molar-refractivity contribution in [3.8, 4) is 0 Å². The molecule has 2 N–H and O–H groups in total. The van der Waals surface area contributed by atoms with Crippen molar-refractivity contribution in [2.24, 2.45) is 0 Å². The number of fused-ring (bicyclic) bond motifs is 1. The standard InChI is InChI=1S/C20H26N6O2/c1-14-7-6-8-15-13-16(20(27)21-17(14)15)18(25-9-4-3-5-10-25)19-22-23-24-26(19)11-12-28-2/h6-8,13,18H,3-5,9-12H2,1-2H3,(H,21,27)/p+1/t18-/m0/s1. The lowest BCUT2D eigenvalue weighted by molar-refractivity contribution is -0.931. The summed E-state index contributed by atoms with van der Waals surface area (Å²) in [6, 6.07) is 7.89. The average Bonchev–Trinajstić information content (AvgIpc) is 3.17. The zero-order valence-electron chi connectivity index (χ0n) is 16.4. The molecular formula is C20H27N6O2+. The minimum Gasteiger partial charge on any atom is -0.383 e. The SMILES string of the molecule is COCCn1nnnc1[C@H](c1cc2cccc(C)c2[nH]c1=O)[NH+]1CCCCC1. The van der Waals surface area contributed by atoms with Crippen LogP contribution in [0.15, 0.2) is 29.1 Å². The van der Waals surface area contributed by atoms with Crippen LogP contribution in [0.2, 0.25) is 0 Å². The third kappa shape index (κ3) is 3.57. The second kappa shape index (κ2) is 8.20. The number of nitrogens with one attached hydrogen (secondary N) is 2. The van der Waals surface area contributed by atoms with E-state index >= 15 is 0 Å². The summed E-state index contributed by atoms with van der Waals surface area (Å²) in [5.74, 6) is 0.728. The van der Waals surface area contributed by atoms with E-state index in [4.69, 9.17) is 4.74 Å². The number of hydrogen-bond donors (Lipinski definition) is 2. The van der Waals surface area contributed by atoms with Crippen LogP contribution in [0.25, 0.3) is 10.9 Å². The molecule has 1 fully saturated rings. The predicted molar refractivity (Wildman–Crippen MR) is 105 cm³/mol. The van der Waals surface area contributed by atoms with Crippen LogP contribution < -0.4 is 10.5 Å². The third-order valence-corrected chi connectivity index (χ3v) is 5.66. The van der Waals surface area contributed by atoms with Crippen molar-refractivity contribution in [2.45, 2.75) is 38.8 Å². The van der Waals surface area contributed by atoms with Crippen LogP contribution in [0.1, 0.15) is 42.3 Å². The van der Waals surface area contributed by atoms with Crippen LogP contribution >= 0.6 is 0 Å². The quantitative estimate of drug-likeness (QED) is 0.652. The molecule has 3 aromatic rings. The highest BCUT2D eigenvalue weighted by molar-refractivity contribution is 5.82. The van der Waals surface area contributed by atoms with Gasteiger partial charge in [-0.1, -0.05) is 18.2 Å². The Bertz CT molecular complexity index is 1010. The molecule has 0 saturated carbocycles. The molecule has 28 heavy (non-hydrogen) atoms. The van der Waals surface area contributed by atoms with Crippen molar-refractivity contribution in [3.63, 3.8) is 0 Å². The van der Waals surface area contributed by atoms with Gasteiger partial charge in [-0.25, -0.2) is 4.68 Å². The summed E-state index contributed by atoms with van der Waals surface area (Å²) >= 11 is 0. The lowest BCUT2D eigenvalue weighted by Crippen LogP contribution is -3.13. The number of tetrazole rings is 1. The predicted octanol–water partition coefficient (Wildman–Crippen LogP) is 0.628. The van der Waals surface area contributed by atoms with Crippen molar-refractivity contribution < 1.29 is 9.64 Å². The molecule has 148 valence electrons. The van der Waals surface area contributed by atoms with E-state index in [1.165, 1.54) is 11.3 Å². The lowest BCUT2D eigenvalue weighted by atomic mass is 10.00. The number of aromatic nitrogens is 5. The van der Waals surface area contributed by atoms with E-state index in [2.05, 4.69) is 20.5 Å². The molecule has 1 aliphatic heterocycles. The summed E-state index contributed by atoms with van der Waals surface area (Å²) in [6.07, 6.45) is 3.53. The van der Waals surface area contributed by atoms with Gasteiger partial charge in [0.25, 0.3) is 5.56 Å². The van der Waals surface area contributed by atoms with Crippen LogP contribution in [0.5, 0.6) is 0 Å². The first kappa shape index (κ1) is 18.8. The largest absolute Gasteiger partial charge is 0.383 e. The minimum atomic E-state index is -0.194. The number of para-hydroxylation sites is 1. The molecule has 4 rings (SSSR count). The molecule has 1 aromatic carbocycles. The fourth-order valence-corrected chi connectivity index (χ4v) is 4.21. The maximum atomic E-state index is 13.1. The molecule has 1 atom stereocenters. The number of pyridine rings is 1. The van der Waals surface area contributed by atoms with Gasteiger partial charge in [-0.3, -0.25) is 4.79 Å². The number of likely N-dealkylation sites (tertiary alicyclic amines) is 1. The number of methoxy groups -OCH3 is 1. The summed E-state index contributed by atoms with van der Waals surface area (Å²) < 4.78 is 6.98. The smallest absolute Gasteiger partial charge is 0.258 e. The van der Waals surface area contributed by atoms with Crippen molar-refractivity contribution in [3.05, 3.63) is 51.6 Å². The number of ether oxygens (including phenoxy) is 1. The van der Waals surface area contributed by atoms with E-state index in [1.807, 2.05) is 31.2 Å². The number of rotatable bonds is 6. The van der Waals surface area contributed by atoms with Gasteiger partial charge in [0, 0.05) is 7.11 Å². The minimum absolute atomic E-state index is 0.0637. The monoisotopic (exact) mass is 383 g/mol. The van der Waals surface area contributed by atoms with E-state index < -0.39 is 0 Å². The number of aryl methyl sites for hydroxylation is 1. The molecule has 8 heteroatoms. The zero-order chi connectivity index (χ0) is 19.5. The summed E-state index contributed by atoms with van der Waals surface area (Å²) in [6.45, 7) is 5.11. The Kier molecular flexibility index (Phi) is 5.50. The van der Waals surface area contributed by atoms with E-state index in [9.17, 15) is 4.79 Å². The fraction of sp³-hybridized carbons (Fsp3) is 0.500. The molecule has 1 aliphatic rings. The Morgan fingerprint density at radius 3 is 2.89 bits per heavy atom. The van der Waals surface area contributed by atoms with Gasteiger partial charge in [-0.05, 0) is 53.6 Å². The number of hydrogen-bond acceptors (Lipinski definition) is 5. The molecule has 0 amide bonds. The normalized spacial score (nSPS) is 16.5. The highest BCUT2D eigenvalue weighted by atomic mass is 16.5. The Morgan fingerprint density at radius 1 is 1.29 bits per heavy atom. The molecule has 2 aromatic heterocycles. The first-order valence-corrected chi connectivity index (χ1v) is 9.91. The number of nitrogens with zero attached hydrogens (tertiary/aromatic N) is 4. The van der Waals surface area contributed by atoms with E-state index in [0.29, 0.717) is 13.2 Å². The Hall–Kier alpha value is -2.58. The topological polar surface area (TPSA) is 90.1 Å². The first-order valence-electron chi connectivity index (χ1n) is 9.91. The number of aromatic amines is 1. The Morgan fingerprint density at radius 2 is 2.11 bits per heavy atom. The summed E-state index contributed by atoms with van der Waals surface area (Å²) in [5, 5.41) is 13.4. The number of benzene rings is 1. The lowest BCUT2D eigenvalue weighted by Gasteiger charge is -2.30. The van der Waals surface area contributed by atoms with Gasteiger partial charge in [0.15, 0.2) is 6.04 Å². The van der Waals surface area contributed by atoms with Crippen LogP contribution in [-0.2, 0) is 11.3 Å². The van der Waals surface area contributed by atoms with E-state index in [0.717, 1.165) is 53.8 Å². The highest BCUT2D eigenvalue weighted by Gasteiger charge is 2.34.